The van der Waals surface area contributed by atoms with E-state index >= 15 is 0 Å². The second-order valence-corrected chi connectivity index (χ2v) is 6.13. The first-order valence-electron chi connectivity index (χ1n) is 7.81. The number of piperazine rings is 1. The van der Waals surface area contributed by atoms with Crippen LogP contribution in [-0.2, 0) is 20.1 Å². The van der Waals surface area contributed by atoms with Crippen molar-refractivity contribution in [2.24, 2.45) is 0 Å². The summed E-state index contributed by atoms with van der Waals surface area (Å²) >= 11 is 0. The molecule has 1 spiro atoms. The van der Waals surface area contributed by atoms with Crippen LogP contribution in [0.25, 0.3) is 0 Å². The van der Waals surface area contributed by atoms with Gasteiger partial charge in [0.05, 0.1) is 25.6 Å². The van der Waals surface area contributed by atoms with Crippen molar-refractivity contribution in [1.82, 2.24) is 9.80 Å². The van der Waals surface area contributed by atoms with Gasteiger partial charge in [-0.2, -0.15) is 0 Å². The molecule has 2 fully saturated rings. The molecule has 0 radical (unpaired) electrons. The quantitative estimate of drug-likeness (QED) is 0.793. The van der Waals surface area contributed by atoms with Gasteiger partial charge in [-0.1, -0.05) is 18.2 Å². The number of ether oxygens (including phenoxy) is 2. The lowest BCUT2D eigenvalue weighted by Gasteiger charge is -2.35. The minimum atomic E-state index is -1.21. The molecule has 0 unspecified atom stereocenters. The van der Waals surface area contributed by atoms with Crippen molar-refractivity contribution >= 4 is 11.6 Å². The van der Waals surface area contributed by atoms with E-state index in [0.29, 0.717) is 19.9 Å². The van der Waals surface area contributed by atoms with Crippen molar-refractivity contribution in [2.75, 3.05) is 58.0 Å². The third-order valence-corrected chi connectivity index (χ3v) is 4.71. The van der Waals surface area contributed by atoms with Crippen LogP contribution in [0.4, 0.5) is 5.69 Å². The molecule has 3 aliphatic heterocycles. The smallest absolute Gasteiger partial charge is 0.293 e. The van der Waals surface area contributed by atoms with Gasteiger partial charge in [-0.15, -0.1) is 0 Å². The van der Waals surface area contributed by atoms with E-state index in [0.717, 1.165) is 37.4 Å². The Balaban J connectivity index is 1.62. The predicted octanol–water partition coefficient (Wildman–Crippen LogP) is 0.438. The summed E-state index contributed by atoms with van der Waals surface area (Å²) in [5.41, 5.74) is 1.75. The van der Waals surface area contributed by atoms with Gasteiger partial charge in [0.15, 0.2) is 0 Å². The SMILES string of the molecule is CN1CCN(CN2C(=O)C3(OCCO3)c3ccccc32)CC1. The molecule has 3 aliphatic rings. The first-order valence-corrected chi connectivity index (χ1v) is 7.81. The van der Waals surface area contributed by atoms with E-state index < -0.39 is 5.79 Å². The number of para-hydroxylation sites is 1. The number of anilines is 1. The predicted molar refractivity (Wildman–Crippen MR) is 81.4 cm³/mol. The van der Waals surface area contributed by atoms with E-state index in [9.17, 15) is 4.79 Å². The highest BCUT2D eigenvalue weighted by Gasteiger charge is 2.56. The second kappa shape index (κ2) is 5.31. The highest BCUT2D eigenvalue weighted by atomic mass is 16.7. The Hall–Kier alpha value is -1.47. The van der Waals surface area contributed by atoms with Crippen molar-refractivity contribution in [3.8, 4) is 0 Å². The van der Waals surface area contributed by atoms with E-state index in [1.165, 1.54) is 0 Å². The van der Waals surface area contributed by atoms with Crippen molar-refractivity contribution in [1.29, 1.82) is 0 Å². The maximum atomic E-state index is 13.0. The van der Waals surface area contributed by atoms with Gasteiger partial charge in [0.2, 0.25) is 0 Å². The van der Waals surface area contributed by atoms with Crippen LogP contribution in [0, 0.1) is 0 Å². The maximum Gasteiger partial charge on any atom is 0.293 e. The molecule has 0 atom stereocenters. The Morgan fingerprint density at radius 1 is 1.09 bits per heavy atom. The minimum Gasteiger partial charge on any atom is -0.336 e. The number of likely N-dealkylation sites (N-methyl/N-ethyl adjacent to an activating group) is 1. The molecule has 6 heteroatoms. The Kier molecular flexibility index (Phi) is 3.41. The molecule has 118 valence electrons. The molecule has 1 aromatic carbocycles. The number of hydrogen-bond acceptors (Lipinski definition) is 5. The average molecular weight is 303 g/mol. The van der Waals surface area contributed by atoms with Crippen LogP contribution >= 0.6 is 0 Å². The number of amides is 1. The Morgan fingerprint density at radius 3 is 2.50 bits per heavy atom. The van der Waals surface area contributed by atoms with Crippen molar-refractivity contribution in [3.05, 3.63) is 29.8 Å². The van der Waals surface area contributed by atoms with Crippen LogP contribution in [0.15, 0.2) is 24.3 Å². The largest absolute Gasteiger partial charge is 0.336 e. The summed E-state index contributed by atoms with van der Waals surface area (Å²) < 4.78 is 11.5. The normalized spacial score (nSPS) is 25.1. The fraction of sp³-hybridized carbons (Fsp3) is 0.562. The third kappa shape index (κ3) is 2.06. The van der Waals surface area contributed by atoms with Crippen molar-refractivity contribution in [3.63, 3.8) is 0 Å². The summed E-state index contributed by atoms with van der Waals surface area (Å²) in [5.74, 6) is -1.30. The lowest BCUT2D eigenvalue weighted by atomic mass is 10.1. The van der Waals surface area contributed by atoms with E-state index in [1.54, 1.807) is 0 Å². The molecule has 22 heavy (non-hydrogen) atoms. The van der Waals surface area contributed by atoms with E-state index in [1.807, 2.05) is 29.2 Å². The Labute approximate surface area is 130 Å². The molecule has 0 N–H and O–H groups in total. The van der Waals surface area contributed by atoms with Crippen LogP contribution in [0.5, 0.6) is 0 Å². The number of carbonyl (C=O) groups is 1. The molecule has 3 heterocycles. The standard InChI is InChI=1S/C16H21N3O3/c1-17-6-8-18(9-7-17)12-19-14-5-3-2-4-13(14)16(15(19)20)21-10-11-22-16/h2-5H,6-12H2,1H3. The zero-order valence-electron chi connectivity index (χ0n) is 12.8. The molecule has 2 saturated heterocycles. The zero-order valence-corrected chi connectivity index (χ0v) is 12.8. The summed E-state index contributed by atoms with van der Waals surface area (Å²) in [6.45, 7) is 5.51. The highest BCUT2D eigenvalue weighted by molar-refractivity contribution is 6.06. The van der Waals surface area contributed by atoms with Crippen LogP contribution < -0.4 is 4.90 Å². The number of rotatable bonds is 2. The van der Waals surface area contributed by atoms with Gasteiger partial charge >= 0.3 is 0 Å². The summed E-state index contributed by atoms with van der Waals surface area (Å²) in [5, 5.41) is 0. The summed E-state index contributed by atoms with van der Waals surface area (Å²) in [7, 11) is 2.13. The van der Waals surface area contributed by atoms with Crippen LogP contribution in [0.1, 0.15) is 5.56 Å². The molecule has 1 amide bonds. The summed E-state index contributed by atoms with van der Waals surface area (Å²) in [6.07, 6.45) is 0. The van der Waals surface area contributed by atoms with Crippen molar-refractivity contribution < 1.29 is 14.3 Å². The second-order valence-electron chi connectivity index (χ2n) is 6.13. The third-order valence-electron chi connectivity index (χ3n) is 4.71. The number of hydrogen-bond donors (Lipinski definition) is 0. The number of nitrogens with zero attached hydrogens (tertiary/aromatic N) is 3. The average Bonchev–Trinajstić information content (AvgIpc) is 3.11. The lowest BCUT2D eigenvalue weighted by Crippen LogP contribution is -2.51. The Bertz CT molecular complexity index is 578. The first kappa shape index (κ1) is 14.1. The van der Waals surface area contributed by atoms with Gasteiger partial charge in [0.25, 0.3) is 11.7 Å². The van der Waals surface area contributed by atoms with E-state index in [4.69, 9.17) is 9.47 Å². The van der Waals surface area contributed by atoms with Gasteiger partial charge in [0.1, 0.15) is 0 Å². The molecule has 0 bridgehead atoms. The van der Waals surface area contributed by atoms with Crippen LogP contribution in [0.2, 0.25) is 0 Å². The molecular formula is C16H21N3O3. The van der Waals surface area contributed by atoms with E-state index in [2.05, 4.69) is 16.8 Å². The monoisotopic (exact) mass is 303 g/mol. The van der Waals surface area contributed by atoms with Gasteiger partial charge in [-0.25, -0.2) is 0 Å². The molecule has 0 aliphatic carbocycles. The molecule has 4 rings (SSSR count). The van der Waals surface area contributed by atoms with Gasteiger partial charge in [-0.3, -0.25) is 14.6 Å². The number of benzene rings is 1. The molecule has 6 nitrogen and oxygen atoms in total. The highest BCUT2D eigenvalue weighted by Crippen LogP contribution is 2.45. The molecule has 0 aromatic heterocycles. The van der Waals surface area contributed by atoms with Gasteiger partial charge < -0.3 is 14.4 Å². The van der Waals surface area contributed by atoms with Gasteiger partial charge in [0, 0.05) is 31.7 Å². The molecule has 0 saturated carbocycles. The van der Waals surface area contributed by atoms with Crippen molar-refractivity contribution in [2.45, 2.75) is 5.79 Å². The van der Waals surface area contributed by atoms with Crippen LogP contribution in [0.3, 0.4) is 0 Å². The Morgan fingerprint density at radius 2 is 1.77 bits per heavy atom. The summed E-state index contributed by atoms with van der Waals surface area (Å²) in [6, 6.07) is 7.79. The first-order chi connectivity index (χ1) is 10.7. The fourth-order valence-electron chi connectivity index (χ4n) is 3.41. The van der Waals surface area contributed by atoms with E-state index in [-0.39, 0.29) is 5.91 Å². The topological polar surface area (TPSA) is 45.2 Å². The fourth-order valence-corrected chi connectivity index (χ4v) is 3.41. The lowest BCUT2D eigenvalue weighted by molar-refractivity contribution is -0.181. The maximum absolute atomic E-state index is 13.0. The number of carbonyl (C=O) groups excluding carboxylic acids is 1. The van der Waals surface area contributed by atoms with Crippen LogP contribution in [-0.4, -0.2) is 68.8 Å². The minimum absolute atomic E-state index is 0.0925. The summed E-state index contributed by atoms with van der Waals surface area (Å²) in [4.78, 5) is 19.4. The molecular weight excluding hydrogens is 282 g/mol. The molecule has 1 aromatic rings. The number of fused-ring (bicyclic) bond motifs is 2. The van der Waals surface area contributed by atoms with Gasteiger partial charge in [-0.05, 0) is 13.1 Å². The zero-order chi connectivity index (χ0) is 15.2.